The van der Waals surface area contributed by atoms with E-state index in [9.17, 15) is 9.59 Å². The Hall–Kier alpha value is -2.67. The van der Waals surface area contributed by atoms with Gasteiger partial charge in [-0.1, -0.05) is 30.3 Å². The van der Waals surface area contributed by atoms with Crippen molar-refractivity contribution in [2.24, 2.45) is 5.41 Å². The van der Waals surface area contributed by atoms with Crippen molar-refractivity contribution in [3.05, 3.63) is 41.7 Å². The first-order valence-corrected chi connectivity index (χ1v) is 10.3. The summed E-state index contributed by atoms with van der Waals surface area (Å²) < 4.78 is 0. The zero-order valence-corrected chi connectivity index (χ0v) is 17.4. The molecule has 2 atom stereocenters. The molecule has 7 nitrogen and oxygen atoms in total. The summed E-state index contributed by atoms with van der Waals surface area (Å²) in [4.78, 5) is 38.5. The molecule has 0 bridgehead atoms. The first kappa shape index (κ1) is 19.6. The van der Waals surface area contributed by atoms with Gasteiger partial charge < -0.3 is 20.1 Å². The predicted molar refractivity (Wildman–Crippen MR) is 111 cm³/mol. The molecular formula is C22H29N5O2. The molecule has 2 aliphatic rings. The molecule has 0 radical (unpaired) electrons. The Morgan fingerprint density at radius 3 is 2.69 bits per heavy atom. The van der Waals surface area contributed by atoms with E-state index in [1.165, 1.54) is 0 Å². The Balaban J connectivity index is 1.68. The van der Waals surface area contributed by atoms with Gasteiger partial charge in [0, 0.05) is 31.4 Å². The molecule has 29 heavy (non-hydrogen) atoms. The number of imidazole rings is 1. The number of likely N-dealkylation sites (N-methyl/N-ethyl adjacent to an activating group) is 1. The van der Waals surface area contributed by atoms with Crippen LogP contribution in [-0.2, 0) is 4.79 Å². The van der Waals surface area contributed by atoms with E-state index < -0.39 is 5.41 Å². The van der Waals surface area contributed by atoms with Crippen molar-refractivity contribution in [3.63, 3.8) is 0 Å². The van der Waals surface area contributed by atoms with Crippen LogP contribution in [0.5, 0.6) is 0 Å². The van der Waals surface area contributed by atoms with E-state index in [0.29, 0.717) is 24.6 Å². The lowest BCUT2D eigenvalue weighted by Gasteiger charge is -2.53. The second-order valence-corrected chi connectivity index (χ2v) is 8.29. The quantitative estimate of drug-likeness (QED) is 0.834. The molecule has 0 unspecified atom stereocenters. The second-order valence-electron chi connectivity index (χ2n) is 8.29. The van der Waals surface area contributed by atoms with Gasteiger partial charge in [-0.15, -0.1) is 0 Å². The lowest BCUT2D eigenvalue weighted by Crippen LogP contribution is -2.66. The normalized spacial score (nSPS) is 24.8. The number of carbonyl (C=O) groups is 2. The molecule has 2 fully saturated rings. The Morgan fingerprint density at radius 1 is 1.21 bits per heavy atom. The van der Waals surface area contributed by atoms with Gasteiger partial charge in [0.2, 0.25) is 5.91 Å². The minimum Gasteiger partial charge on any atom is -0.359 e. The van der Waals surface area contributed by atoms with Crippen molar-refractivity contribution < 1.29 is 9.59 Å². The van der Waals surface area contributed by atoms with Crippen molar-refractivity contribution in [2.45, 2.75) is 32.2 Å². The van der Waals surface area contributed by atoms with Crippen LogP contribution in [0.4, 0.5) is 0 Å². The highest BCUT2D eigenvalue weighted by Crippen LogP contribution is 2.43. The molecule has 1 aromatic carbocycles. The number of piperidine rings is 2. The van der Waals surface area contributed by atoms with Crippen LogP contribution in [0.25, 0.3) is 11.4 Å². The number of hydrogen-bond acceptors (Lipinski definition) is 4. The lowest BCUT2D eigenvalue weighted by molar-refractivity contribution is -0.141. The van der Waals surface area contributed by atoms with Crippen LogP contribution in [0, 0.1) is 12.3 Å². The number of likely N-dealkylation sites (tertiary alicyclic amines) is 2. The number of fused-ring (bicyclic) bond motifs is 1. The third-order valence-corrected chi connectivity index (χ3v) is 6.53. The Bertz CT molecular complexity index is 909. The summed E-state index contributed by atoms with van der Waals surface area (Å²) in [5.41, 5.74) is 1.64. The topological polar surface area (TPSA) is 81.3 Å². The predicted octanol–water partition coefficient (Wildman–Crippen LogP) is 2.06. The lowest BCUT2D eigenvalue weighted by atomic mass is 9.67. The number of aryl methyl sites for hydroxylation is 1. The van der Waals surface area contributed by atoms with Gasteiger partial charge in [0.25, 0.3) is 5.91 Å². The fraction of sp³-hybridized carbons (Fsp3) is 0.500. The van der Waals surface area contributed by atoms with Crippen LogP contribution < -0.4 is 5.32 Å². The maximum absolute atomic E-state index is 13.6. The molecule has 3 heterocycles. The number of benzene rings is 1. The minimum absolute atomic E-state index is 0.0526. The number of nitrogens with one attached hydrogen (secondary N) is 2. The van der Waals surface area contributed by atoms with Crippen LogP contribution in [0.1, 0.15) is 35.4 Å². The molecule has 2 N–H and O–H groups in total. The van der Waals surface area contributed by atoms with Crippen LogP contribution in [0.3, 0.4) is 0 Å². The number of hydrogen-bond donors (Lipinski definition) is 2. The van der Waals surface area contributed by atoms with Crippen LogP contribution in [0.15, 0.2) is 30.3 Å². The average Bonchev–Trinajstić information content (AvgIpc) is 3.14. The fourth-order valence-corrected chi connectivity index (χ4v) is 4.94. The van der Waals surface area contributed by atoms with E-state index in [0.717, 1.165) is 37.1 Å². The first-order valence-electron chi connectivity index (χ1n) is 10.3. The van der Waals surface area contributed by atoms with Crippen LogP contribution >= 0.6 is 0 Å². The largest absolute Gasteiger partial charge is 0.359 e. The number of aromatic amines is 1. The summed E-state index contributed by atoms with van der Waals surface area (Å²) in [5.74, 6) is 0.660. The number of H-pyrrole nitrogens is 1. The summed E-state index contributed by atoms with van der Waals surface area (Å²) in [7, 11) is 3.75. The fourth-order valence-electron chi connectivity index (χ4n) is 4.94. The molecule has 2 aromatic rings. The van der Waals surface area contributed by atoms with Crippen molar-refractivity contribution >= 4 is 11.8 Å². The molecule has 2 saturated heterocycles. The third-order valence-electron chi connectivity index (χ3n) is 6.53. The Morgan fingerprint density at radius 2 is 1.97 bits per heavy atom. The summed E-state index contributed by atoms with van der Waals surface area (Å²) in [5, 5.41) is 2.86. The number of rotatable bonds is 3. The van der Waals surface area contributed by atoms with Gasteiger partial charge in [-0.05, 0) is 39.8 Å². The van der Waals surface area contributed by atoms with Gasteiger partial charge >= 0.3 is 0 Å². The number of amides is 2. The molecule has 1 aromatic heterocycles. The van der Waals surface area contributed by atoms with Gasteiger partial charge in [-0.3, -0.25) is 9.59 Å². The summed E-state index contributed by atoms with van der Waals surface area (Å²) in [6, 6.07) is 9.67. The molecule has 2 aliphatic heterocycles. The molecule has 154 valence electrons. The van der Waals surface area contributed by atoms with Gasteiger partial charge in [0.15, 0.2) is 0 Å². The van der Waals surface area contributed by atoms with Gasteiger partial charge in [0.1, 0.15) is 11.5 Å². The molecule has 7 heteroatoms. The van der Waals surface area contributed by atoms with E-state index in [-0.39, 0.29) is 17.9 Å². The number of carbonyl (C=O) groups excluding carboxylic acids is 2. The van der Waals surface area contributed by atoms with Gasteiger partial charge in [-0.2, -0.15) is 0 Å². The molecule has 0 aliphatic carbocycles. The Kier molecular flexibility index (Phi) is 5.17. The van der Waals surface area contributed by atoms with Crippen molar-refractivity contribution in [1.29, 1.82) is 0 Å². The van der Waals surface area contributed by atoms with Gasteiger partial charge in [-0.25, -0.2) is 4.98 Å². The monoisotopic (exact) mass is 395 g/mol. The molecule has 4 rings (SSSR count). The molecule has 0 spiro atoms. The van der Waals surface area contributed by atoms with Crippen molar-refractivity contribution in [1.82, 2.24) is 25.1 Å². The van der Waals surface area contributed by atoms with E-state index in [1.54, 1.807) is 7.05 Å². The van der Waals surface area contributed by atoms with Crippen molar-refractivity contribution in [2.75, 3.05) is 33.7 Å². The second kappa shape index (κ2) is 7.63. The summed E-state index contributed by atoms with van der Waals surface area (Å²) >= 11 is 0. The zero-order valence-electron chi connectivity index (χ0n) is 17.4. The van der Waals surface area contributed by atoms with Gasteiger partial charge in [0.05, 0.1) is 11.5 Å². The van der Waals surface area contributed by atoms with E-state index in [4.69, 9.17) is 0 Å². The minimum atomic E-state index is -0.512. The molecular weight excluding hydrogens is 366 g/mol. The zero-order chi connectivity index (χ0) is 20.6. The maximum atomic E-state index is 13.6. The van der Waals surface area contributed by atoms with E-state index in [1.807, 2.05) is 42.2 Å². The molecule has 0 saturated carbocycles. The highest BCUT2D eigenvalue weighted by Gasteiger charge is 2.53. The third kappa shape index (κ3) is 3.33. The van der Waals surface area contributed by atoms with Crippen LogP contribution in [0.2, 0.25) is 0 Å². The summed E-state index contributed by atoms with van der Waals surface area (Å²) in [6.07, 6.45) is 2.42. The highest BCUT2D eigenvalue weighted by molar-refractivity contribution is 5.95. The SMILES string of the molecule is CNC(=O)[C@@]12CCCN(C(=O)c3nc(-c4ccccc4)[nH]c3C)[C@H]1CN(C)CC2. The van der Waals surface area contributed by atoms with E-state index in [2.05, 4.69) is 27.2 Å². The smallest absolute Gasteiger partial charge is 0.274 e. The standard InChI is InChI=1S/C22H29N5O2/c1-15-18(25-19(24-15)16-8-5-4-6-9-16)20(28)27-12-7-10-22(21(29)23-2)11-13-26(3)14-17(22)27/h4-6,8-9,17H,7,10-14H2,1-3H3,(H,23,29)(H,24,25)/t17-,22+/m0/s1. The maximum Gasteiger partial charge on any atom is 0.274 e. The average molecular weight is 396 g/mol. The number of nitrogens with zero attached hydrogens (tertiary/aromatic N) is 3. The Labute approximate surface area is 171 Å². The molecule has 2 amide bonds. The first-order chi connectivity index (χ1) is 14.0. The van der Waals surface area contributed by atoms with E-state index >= 15 is 0 Å². The van der Waals surface area contributed by atoms with Crippen molar-refractivity contribution in [3.8, 4) is 11.4 Å². The number of aromatic nitrogens is 2. The highest BCUT2D eigenvalue weighted by atomic mass is 16.2. The van der Waals surface area contributed by atoms with Crippen LogP contribution in [-0.4, -0.2) is 71.4 Å². The summed E-state index contributed by atoms with van der Waals surface area (Å²) in [6.45, 7) is 4.11.